The van der Waals surface area contributed by atoms with Gasteiger partial charge in [0.25, 0.3) is 0 Å². The second-order valence-electron chi connectivity index (χ2n) is 6.97. The van der Waals surface area contributed by atoms with E-state index in [9.17, 15) is 8.42 Å². The molecular formula is C23H25NO2S. The Bertz CT molecular complexity index is 926. The van der Waals surface area contributed by atoms with E-state index < -0.39 is 10.0 Å². The van der Waals surface area contributed by atoms with Crippen LogP contribution in [-0.2, 0) is 10.0 Å². The second kappa shape index (κ2) is 8.07. The number of rotatable bonds is 6. The molecule has 0 saturated carbocycles. The summed E-state index contributed by atoms with van der Waals surface area (Å²) in [7, 11) is -1.99. The van der Waals surface area contributed by atoms with Crippen molar-refractivity contribution in [2.75, 3.05) is 7.05 Å². The fourth-order valence-electron chi connectivity index (χ4n) is 3.21. The van der Waals surface area contributed by atoms with Gasteiger partial charge < -0.3 is 0 Å². The van der Waals surface area contributed by atoms with Gasteiger partial charge in [-0.1, -0.05) is 86.6 Å². The Labute approximate surface area is 162 Å². The molecule has 0 atom stereocenters. The minimum absolute atomic E-state index is 0.311. The maximum absolute atomic E-state index is 13.3. The maximum Gasteiger partial charge on any atom is 0.243 e. The molecule has 0 spiro atoms. The van der Waals surface area contributed by atoms with Crippen molar-refractivity contribution >= 4 is 10.0 Å². The van der Waals surface area contributed by atoms with Crippen molar-refractivity contribution in [2.24, 2.45) is 0 Å². The van der Waals surface area contributed by atoms with Crippen LogP contribution < -0.4 is 0 Å². The van der Waals surface area contributed by atoms with Crippen molar-refractivity contribution < 1.29 is 8.42 Å². The third-order valence-electron chi connectivity index (χ3n) is 4.82. The van der Waals surface area contributed by atoms with E-state index in [4.69, 9.17) is 0 Å². The Kier molecular flexibility index (Phi) is 5.78. The first kappa shape index (κ1) is 19.3. The first-order chi connectivity index (χ1) is 12.9. The van der Waals surface area contributed by atoms with Crippen LogP contribution in [0.3, 0.4) is 0 Å². The Morgan fingerprint density at radius 3 is 1.52 bits per heavy atom. The normalized spacial score (nSPS) is 12.1. The lowest BCUT2D eigenvalue weighted by Gasteiger charge is -2.28. The molecule has 3 nitrogen and oxygen atoms in total. The van der Waals surface area contributed by atoms with Gasteiger partial charge in [-0.25, -0.2) is 8.42 Å². The summed E-state index contributed by atoms with van der Waals surface area (Å²) in [5.41, 5.74) is 3.00. The van der Waals surface area contributed by atoms with Crippen molar-refractivity contribution in [2.45, 2.75) is 30.7 Å². The lowest BCUT2D eigenvalue weighted by molar-refractivity contribution is 0.418. The van der Waals surface area contributed by atoms with Gasteiger partial charge in [0, 0.05) is 7.05 Å². The summed E-state index contributed by atoms with van der Waals surface area (Å²) in [4.78, 5) is 0.311. The SMILES string of the molecule is CC(C)c1ccc(S(=O)(=O)N(C)C(c2ccccc2)c2ccccc2)cc1. The van der Waals surface area contributed by atoms with E-state index >= 15 is 0 Å². The molecule has 0 aromatic heterocycles. The molecule has 0 aliphatic heterocycles. The molecule has 0 saturated heterocycles. The van der Waals surface area contributed by atoms with Gasteiger partial charge in [-0.15, -0.1) is 0 Å². The minimum atomic E-state index is -3.64. The molecule has 0 radical (unpaired) electrons. The van der Waals surface area contributed by atoms with E-state index in [1.165, 1.54) is 4.31 Å². The third-order valence-corrected chi connectivity index (χ3v) is 6.65. The van der Waals surface area contributed by atoms with Crippen molar-refractivity contribution in [1.29, 1.82) is 0 Å². The zero-order valence-corrected chi connectivity index (χ0v) is 16.7. The third kappa shape index (κ3) is 4.12. The van der Waals surface area contributed by atoms with Gasteiger partial charge in [-0.2, -0.15) is 4.31 Å². The van der Waals surface area contributed by atoms with Crippen LogP contribution in [0.5, 0.6) is 0 Å². The predicted molar refractivity (Wildman–Crippen MR) is 110 cm³/mol. The van der Waals surface area contributed by atoms with Crippen LogP contribution in [0.4, 0.5) is 0 Å². The summed E-state index contributed by atoms with van der Waals surface area (Å²) in [5, 5.41) is 0. The van der Waals surface area contributed by atoms with Crippen LogP contribution in [-0.4, -0.2) is 19.8 Å². The van der Waals surface area contributed by atoms with Crippen LogP contribution in [0, 0.1) is 0 Å². The summed E-state index contributed by atoms with van der Waals surface area (Å²) < 4.78 is 28.1. The van der Waals surface area contributed by atoms with E-state index in [0.29, 0.717) is 10.8 Å². The minimum Gasteiger partial charge on any atom is -0.207 e. The van der Waals surface area contributed by atoms with Gasteiger partial charge in [0.15, 0.2) is 0 Å². The van der Waals surface area contributed by atoms with Crippen LogP contribution in [0.2, 0.25) is 0 Å². The highest BCUT2D eigenvalue weighted by Crippen LogP contribution is 2.32. The first-order valence-corrected chi connectivity index (χ1v) is 10.5. The molecule has 3 aromatic rings. The number of nitrogens with zero attached hydrogens (tertiary/aromatic N) is 1. The number of benzene rings is 3. The Balaban J connectivity index is 2.04. The highest BCUT2D eigenvalue weighted by molar-refractivity contribution is 7.89. The van der Waals surface area contributed by atoms with Crippen molar-refractivity contribution in [1.82, 2.24) is 4.31 Å². The lowest BCUT2D eigenvalue weighted by atomic mass is 9.99. The largest absolute Gasteiger partial charge is 0.243 e. The van der Waals surface area contributed by atoms with Crippen LogP contribution in [0.15, 0.2) is 89.8 Å². The van der Waals surface area contributed by atoms with Crippen molar-refractivity contribution in [3.8, 4) is 0 Å². The summed E-state index contributed by atoms with van der Waals surface area (Å²) in [6.07, 6.45) is 0. The molecule has 0 aliphatic carbocycles. The van der Waals surface area contributed by atoms with E-state index in [1.54, 1.807) is 19.2 Å². The molecule has 4 heteroatoms. The molecule has 3 aromatic carbocycles. The summed E-state index contributed by atoms with van der Waals surface area (Å²) >= 11 is 0. The van der Waals surface area contributed by atoms with Gasteiger partial charge in [-0.05, 0) is 34.7 Å². The summed E-state index contributed by atoms with van der Waals surface area (Å²) in [5.74, 6) is 0.362. The average Bonchev–Trinajstić information content (AvgIpc) is 2.70. The average molecular weight is 380 g/mol. The Morgan fingerprint density at radius 2 is 1.11 bits per heavy atom. The van der Waals surface area contributed by atoms with E-state index in [-0.39, 0.29) is 6.04 Å². The van der Waals surface area contributed by atoms with Gasteiger partial charge in [0.2, 0.25) is 10.0 Å². The van der Waals surface area contributed by atoms with Gasteiger partial charge in [0.1, 0.15) is 0 Å². The lowest BCUT2D eigenvalue weighted by Crippen LogP contribution is -2.32. The Morgan fingerprint density at radius 1 is 0.667 bits per heavy atom. The highest BCUT2D eigenvalue weighted by atomic mass is 32.2. The first-order valence-electron chi connectivity index (χ1n) is 9.09. The zero-order valence-electron chi connectivity index (χ0n) is 15.9. The monoisotopic (exact) mass is 379 g/mol. The number of hydrogen-bond donors (Lipinski definition) is 0. The summed E-state index contributed by atoms with van der Waals surface area (Å²) in [6, 6.07) is 26.3. The molecule has 0 amide bonds. The summed E-state index contributed by atoms with van der Waals surface area (Å²) in [6.45, 7) is 4.19. The fraction of sp³-hybridized carbons (Fsp3) is 0.217. The van der Waals surface area contributed by atoms with E-state index in [2.05, 4.69) is 13.8 Å². The topological polar surface area (TPSA) is 37.4 Å². The van der Waals surface area contributed by atoms with Gasteiger partial charge in [0.05, 0.1) is 10.9 Å². The standard InChI is InChI=1S/C23H25NO2S/c1-18(2)19-14-16-22(17-15-19)27(25,26)24(3)23(20-10-6-4-7-11-20)21-12-8-5-9-13-21/h4-18,23H,1-3H3. The second-order valence-corrected chi connectivity index (χ2v) is 8.97. The van der Waals surface area contributed by atoms with Crippen molar-refractivity contribution in [3.05, 3.63) is 102 Å². The molecular weight excluding hydrogens is 354 g/mol. The van der Waals surface area contributed by atoms with E-state index in [1.807, 2.05) is 72.8 Å². The smallest absolute Gasteiger partial charge is 0.207 e. The van der Waals surface area contributed by atoms with Gasteiger partial charge >= 0.3 is 0 Å². The maximum atomic E-state index is 13.3. The van der Waals surface area contributed by atoms with Crippen LogP contribution in [0.1, 0.15) is 42.5 Å². The molecule has 0 N–H and O–H groups in total. The Hall–Kier alpha value is -2.43. The van der Waals surface area contributed by atoms with Crippen LogP contribution >= 0.6 is 0 Å². The van der Waals surface area contributed by atoms with Crippen LogP contribution in [0.25, 0.3) is 0 Å². The molecule has 140 valence electrons. The predicted octanol–water partition coefficient (Wildman–Crippen LogP) is 5.22. The fourth-order valence-corrected chi connectivity index (χ4v) is 4.55. The van der Waals surface area contributed by atoms with E-state index in [0.717, 1.165) is 16.7 Å². The quantitative estimate of drug-likeness (QED) is 0.589. The van der Waals surface area contributed by atoms with Gasteiger partial charge in [-0.3, -0.25) is 0 Å². The molecule has 0 heterocycles. The molecule has 0 fully saturated rings. The molecule has 3 rings (SSSR count). The zero-order chi connectivity index (χ0) is 19.4. The molecule has 0 bridgehead atoms. The number of hydrogen-bond acceptors (Lipinski definition) is 2. The van der Waals surface area contributed by atoms with Crippen molar-refractivity contribution in [3.63, 3.8) is 0 Å². The highest BCUT2D eigenvalue weighted by Gasteiger charge is 2.30. The number of sulfonamides is 1. The molecule has 0 aliphatic rings. The molecule has 0 unspecified atom stereocenters. The molecule has 27 heavy (non-hydrogen) atoms.